The summed E-state index contributed by atoms with van der Waals surface area (Å²) in [4.78, 5) is 22.2. The molecule has 1 rings (SSSR count). The van der Waals surface area contributed by atoms with Crippen LogP contribution in [0.5, 0.6) is 5.75 Å². The number of rotatable bonds is 7. The molecule has 0 aliphatic rings. The van der Waals surface area contributed by atoms with E-state index in [4.69, 9.17) is 9.84 Å². The summed E-state index contributed by atoms with van der Waals surface area (Å²) >= 11 is 0. The molecule has 0 saturated heterocycles. The van der Waals surface area contributed by atoms with Crippen LogP contribution in [0.25, 0.3) is 0 Å². The molecule has 0 aliphatic heterocycles. The summed E-state index contributed by atoms with van der Waals surface area (Å²) in [7, 11) is 0. The summed E-state index contributed by atoms with van der Waals surface area (Å²) in [5.41, 5.74) is 2.99. The molecule has 24 heavy (non-hydrogen) atoms. The number of hydrogen-bond acceptors (Lipinski definition) is 3. The normalized spacial score (nSPS) is 9.17. The Kier molecular flexibility index (Phi) is 10.7. The van der Waals surface area contributed by atoms with Gasteiger partial charge in [0.15, 0.2) is 0 Å². The fraction of sp³-hybridized carbons (Fsp3) is 0.421. The fourth-order valence-corrected chi connectivity index (χ4v) is 2.01. The first-order valence-corrected chi connectivity index (χ1v) is 7.95. The van der Waals surface area contributed by atoms with Crippen LogP contribution in [-0.2, 0) is 0 Å². The maximum absolute atomic E-state index is 11.2. The number of unbranched alkanes of at least 4 members (excludes halogenated alkanes) is 2. The summed E-state index contributed by atoms with van der Waals surface area (Å²) in [5, 5.41) is 18.2. The van der Waals surface area contributed by atoms with Gasteiger partial charge in [0, 0.05) is 0 Å². The largest absolute Gasteiger partial charge is 0.493 e. The van der Waals surface area contributed by atoms with Crippen LogP contribution in [-0.4, -0.2) is 28.8 Å². The van der Waals surface area contributed by atoms with E-state index in [-0.39, 0.29) is 22.4 Å². The van der Waals surface area contributed by atoms with Crippen molar-refractivity contribution in [3.05, 3.63) is 46.7 Å². The average Bonchev–Trinajstić information content (AvgIpc) is 2.52. The summed E-state index contributed by atoms with van der Waals surface area (Å²) in [6.07, 6.45) is 6.65. The van der Waals surface area contributed by atoms with Gasteiger partial charge in [-0.3, -0.25) is 0 Å². The van der Waals surface area contributed by atoms with E-state index in [1.54, 1.807) is 0 Å². The number of carboxylic acid groups (broad SMARTS) is 2. The van der Waals surface area contributed by atoms with Crippen LogP contribution in [0.3, 0.4) is 0 Å². The van der Waals surface area contributed by atoms with E-state index in [1.807, 2.05) is 26.0 Å². The van der Waals surface area contributed by atoms with Crippen molar-refractivity contribution in [3.8, 4) is 5.75 Å². The zero-order valence-electron chi connectivity index (χ0n) is 14.8. The first-order chi connectivity index (χ1) is 11.4. The molecule has 0 bridgehead atoms. The zero-order chi connectivity index (χ0) is 18.5. The summed E-state index contributed by atoms with van der Waals surface area (Å²) in [6.45, 7) is 7.86. The van der Waals surface area contributed by atoms with E-state index in [0.717, 1.165) is 19.3 Å². The lowest BCUT2D eigenvalue weighted by Crippen LogP contribution is -2.10. The van der Waals surface area contributed by atoms with Crippen molar-refractivity contribution >= 4 is 11.9 Å². The van der Waals surface area contributed by atoms with Crippen LogP contribution in [0.4, 0.5) is 0 Å². The van der Waals surface area contributed by atoms with Crippen LogP contribution in [0, 0.1) is 6.92 Å². The van der Waals surface area contributed by atoms with Crippen molar-refractivity contribution in [2.45, 2.75) is 47.0 Å². The smallest absolute Gasteiger partial charge is 0.339 e. The van der Waals surface area contributed by atoms with Gasteiger partial charge in [-0.1, -0.05) is 19.8 Å². The number of carboxylic acids is 2. The molecule has 132 valence electrons. The second-order valence-electron chi connectivity index (χ2n) is 5.02. The third-order valence-corrected chi connectivity index (χ3v) is 3.21. The van der Waals surface area contributed by atoms with Gasteiger partial charge in [-0.2, -0.15) is 0 Å². The van der Waals surface area contributed by atoms with E-state index in [2.05, 4.69) is 12.7 Å². The lowest BCUT2D eigenvalue weighted by molar-refractivity contribution is 0.0691. The van der Waals surface area contributed by atoms with Gasteiger partial charge in [-0.25, -0.2) is 9.59 Å². The van der Waals surface area contributed by atoms with Gasteiger partial charge < -0.3 is 14.9 Å². The highest BCUT2D eigenvalue weighted by Crippen LogP contribution is 2.25. The number of benzene rings is 1. The molecule has 0 atom stereocenters. The summed E-state index contributed by atoms with van der Waals surface area (Å²) < 4.78 is 5.44. The average molecular weight is 334 g/mol. The lowest BCUT2D eigenvalue weighted by atomic mass is 10.0. The Morgan fingerprint density at radius 1 is 1.12 bits per heavy atom. The Morgan fingerprint density at radius 2 is 1.75 bits per heavy atom. The van der Waals surface area contributed by atoms with Crippen LogP contribution in [0.1, 0.15) is 66.3 Å². The lowest BCUT2D eigenvalue weighted by Gasteiger charge is -2.12. The molecular weight excluding hydrogens is 308 g/mol. The highest BCUT2D eigenvalue weighted by molar-refractivity contribution is 5.98. The SMILES string of the molecule is CC=C=CC.CCCCCOc1ccc(C(=O)O)c(C)c1C(=O)O. The minimum Gasteiger partial charge on any atom is -0.493 e. The van der Waals surface area contributed by atoms with Gasteiger partial charge in [0.2, 0.25) is 0 Å². The molecule has 0 amide bonds. The quantitative estimate of drug-likeness (QED) is 0.558. The first kappa shape index (κ1) is 21.5. The van der Waals surface area contributed by atoms with Crippen LogP contribution >= 0.6 is 0 Å². The van der Waals surface area contributed by atoms with E-state index in [1.165, 1.54) is 19.1 Å². The topological polar surface area (TPSA) is 83.8 Å². The highest BCUT2D eigenvalue weighted by atomic mass is 16.5. The Labute approximate surface area is 143 Å². The number of carbonyl (C=O) groups is 2. The van der Waals surface area contributed by atoms with Gasteiger partial charge in [0.25, 0.3) is 0 Å². The van der Waals surface area contributed by atoms with Gasteiger partial charge in [0.05, 0.1) is 12.2 Å². The minimum atomic E-state index is -1.17. The van der Waals surface area contributed by atoms with Gasteiger partial charge in [0.1, 0.15) is 11.3 Å². The molecule has 0 aliphatic carbocycles. The second-order valence-corrected chi connectivity index (χ2v) is 5.02. The van der Waals surface area contributed by atoms with Crippen molar-refractivity contribution < 1.29 is 24.5 Å². The third-order valence-electron chi connectivity index (χ3n) is 3.21. The van der Waals surface area contributed by atoms with Crippen molar-refractivity contribution in [2.75, 3.05) is 6.61 Å². The monoisotopic (exact) mass is 334 g/mol. The number of hydrogen-bond donors (Lipinski definition) is 2. The summed E-state index contributed by atoms with van der Waals surface area (Å²) in [6, 6.07) is 2.78. The number of ether oxygens (including phenoxy) is 1. The molecule has 0 saturated carbocycles. The molecule has 5 nitrogen and oxygen atoms in total. The highest BCUT2D eigenvalue weighted by Gasteiger charge is 2.20. The molecule has 1 aromatic carbocycles. The second kappa shape index (κ2) is 12.0. The summed E-state index contributed by atoms with van der Waals surface area (Å²) in [5.74, 6) is -2.09. The molecule has 0 heterocycles. The molecule has 0 fully saturated rings. The predicted molar refractivity (Wildman–Crippen MR) is 94.1 cm³/mol. The molecular formula is C19H26O5. The van der Waals surface area contributed by atoms with Crippen molar-refractivity contribution in [1.29, 1.82) is 0 Å². The Hall–Kier alpha value is -2.52. The fourth-order valence-electron chi connectivity index (χ4n) is 2.01. The minimum absolute atomic E-state index is 0.0155. The van der Waals surface area contributed by atoms with E-state index in [9.17, 15) is 14.7 Å². The number of allylic oxidation sites excluding steroid dienone is 1. The van der Waals surface area contributed by atoms with Crippen LogP contribution in [0.15, 0.2) is 30.0 Å². The maximum atomic E-state index is 11.2. The zero-order valence-corrected chi connectivity index (χ0v) is 14.8. The first-order valence-electron chi connectivity index (χ1n) is 7.95. The van der Waals surface area contributed by atoms with Crippen molar-refractivity contribution in [3.63, 3.8) is 0 Å². The molecule has 0 aromatic heterocycles. The molecule has 0 spiro atoms. The molecule has 5 heteroatoms. The molecule has 0 unspecified atom stereocenters. The van der Waals surface area contributed by atoms with Crippen LogP contribution in [0.2, 0.25) is 0 Å². The van der Waals surface area contributed by atoms with Crippen LogP contribution < -0.4 is 4.74 Å². The predicted octanol–water partition coefficient (Wildman–Crippen LogP) is 4.70. The Morgan fingerprint density at radius 3 is 2.17 bits per heavy atom. The molecule has 2 N–H and O–H groups in total. The number of aromatic carboxylic acids is 2. The Bertz CT molecular complexity index is 604. The maximum Gasteiger partial charge on any atom is 0.339 e. The van der Waals surface area contributed by atoms with Gasteiger partial charge in [-0.05, 0) is 57.0 Å². The van der Waals surface area contributed by atoms with Crippen molar-refractivity contribution in [1.82, 2.24) is 0 Å². The molecule has 1 aromatic rings. The standard InChI is InChI=1S/C14H18O5.C5H8/c1-3-4-5-8-19-11-7-6-10(13(15)16)9(2)12(11)14(17)18;1-3-5-4-2/h6-7H,3-5,8H2,1-2H3,(H,15,16)(H,17,18);3-4H,1-2H3. The van der Waals surface area contributed by atoms with E-state index in [0.29, 0.717) is 6.61 Å². The third kappa shape index (κ3) is 7.16. The van der Waals surface area contributed by atoms with E-state index < -0.39 is 11.9 Å². The molecule has 0 radical (unpaired) electrons. The Balaban J connectivity index is 0.000000922. The van der Waals surface area contributed by atoms with E-state index >= 15 is 0 Å². The van der Waals surface area contributed by atoms with Crippen molar-refractivity contribution in [2.24, 2.45) is 0 Å². The van der Waals surface area contributed by atoms with Gasteiger partial charge >= 0.3 is 11.9 Å². The van der Waals surface area contributed by atoms with Gasteiger partial charge in [-0.15, -0.1) is 5.73 Å².